The predicted octanol–water partition coefficient (Wildman–Crippen LogP) is 4.24. The Bertz CT molecular complexity index is 929. The number of anilines is 2. The van der Waals surface area contributed by atoms with E-state index in [0.717, 1.165) is 57.5 Å². The zero-order valence-corrected chi connectivity index (χ0v) is 19.6. The van der Waals surface area contributed by atoms with Crippen molar-refractivity contribution >= 4 is 29.1 Å². The Balaban J connectivity index is 1.48. The maximum atomic E-state index is 12.7. The van der Waals surface area contributed by atoms with E-state index in [2.05, 4.69) is 24.5 Å². The molecule has 2 N–H and O–H groups in total. The predicted molar refractivity (Wildman–Crippen MR) is 132 cm³/mol. The highest BCUT2D eigenvalue weighted by molar-refractivity contribution is 5.97. The molecule has 2 aromatic rings. The van der Waals surface area contributed by atoms with Crippen molar-refractivity contribution in [2.24, 2.45) is 0 Å². The molecule has 33 heavy (non-hydrogen) atoms. The Hall–Kier alpha value is -3.35. The van der Waals surface area contributed by atoms with E-state index in [1.807, 2.05) is 21.9 Å². The van der Waals surface area contributed by atoms with E-state index in [1.54, 1.807) is 36.4 Å². The summed E-state index contributed by atoms with van der Waals surface area (Å²) in [4.78, 5) is 41.1. The first-order valence-corrected chi connectivity index (χ1v) is 11.8. The van der Waals surface area contributed by atoms with E-state index in [1.165, 1.54) is 0 Å². The number of carbonyl (C=O) groups is 3. The van der Waals surface area contributed by atoms with Gasteiger partial charge >= 0.3 is 0 Å². The van der Waals surface area contributed by atoms with Crippen LogP contribution in [0.5, 0.6) is 0 Å². The summed E-state index contributed by atoms with van der Waals surface area (Å²) in [5, 5.41) is 5.91. The number of hydrogen-bond donors (Lipinski definition) is 2. The first-order valence-electron chi connectivity index (χ1n) is 11.8. The third-order valence-corrected chi connectivity index (χ3v) is 5.67. The maximum absolute atomic E-state index is 12.7. The normalized spacial score (nSPS) is 13.0. The van der Waals surface area contributed by atoms with Gasteiger partial charge in [-0.3, -0.25) is 14.4 Å². The molecule has 3 rings (SSSR count). The zero-order chi connectivity index (χ0) is 23.6. The van der Waals surface area contributed by atoms with Crippen LogP contribution >= 0.6 is 0 Å². The number of rotatable bonds is 10. The third-order valence-electron chi connectivity index (χ3n) is 5.67. The van der Waals surface area contributed by atoms with E-state index >= 15 is 0 Å². The molecule has 1 heterocycles. The van der Waals surface area contributed by atoms with Crippen LogP contribution in [0.3, 0.4) is 0 Å². The topological polar surface area (TPSA) is 81.8 Å². The highest BCUT2D eigenvalue weighted by Gasteiger charge is 2.19. The van der Waals surface area contributed by atoms with Gasteiger partial charge in [0, 0.05) is 48.7 Å². The Labute approximate surface area is 196 Å². The summed E-state index contributed by atoms with van der Waals surface area (Å²) in [7, 11) is 0. The molecular formula is C26H34N4O3. The van der Waals surface area contributed by atoms with E-state index < -0.39 is 0 Å². The summed E-state index contributed by atoms with van der Waals surface area (Å²) in [6.07, 6.45) is 3.97. The molecule has 3 amide bonds. The van der Waals surface area contributed by atoms with Crippen LogP contribution in [-0.4, -0.2) is 60.2 Å². The van der Waals surface area contributed by atoms with Gasteiger partial charge in [0.15, 0.2) is 0 Å². The molecule has 2 aromatic carbocycles. The molecule has 176 valence electrons. The summed E-state index contributed by atoms with van der Waals surface area (Å²) >= 11 is 0. The second kappa shape index (κ2) is 12.0. The number of benzene rings is 2. The SMILES string of the molecule is CCCN(CCC)C(=O)c1ccc(NCC(=O)Nc2ccc(C(=O)N3CCCC3)cc2)cc1. The van der Waals surface area contributed by atoms with Crippen LogP contribution in [-0.2, 0) is 4.79 Å². The Morgan fingerprint density at radius 1 is 0.818 bits per heavy atom. The largest absolute Gasteiger partial charge is 0.376 e. The minimum atomic E-state index is -0.189. The average molecular weight is 451 g/mol. The molecule has 0 radical (unpaired) electrons. The van der Waals surface area contributed by atoms with E-state index in [0.29, 0.717) is 16.8 Å². The van der Waals surface area contributed by atoms with E-state index in [4.69, 9.17) is 0 Å². The van der Waals surface area contributed by atoms with Gasteiger partial charge in [0.05, 0.1) is 6.54 Å². The average Bonchev–Trinajstić information content (AvgIpc) is 3.38. The molecule has 7 heteroatoms. The summed E-state index contributed by atoms with van der Waals surface area (Å²) in [6.45, 7) is 7.36. The third kappa shape index (κ3) is 6.81. The molecule has 0 aliphatic carbocycles. The minimum Gasteiger partial charge on any atom is -0.376 e. The van der Waals surface area contributed by atoms with E-state index in [-0.39, 0.29) is 24.3 Å². The van der Waals surface area contributed by atoms with Crippen molar-refractivity contribution in [3.63, 3.8) is 0 Å². The molecule has 0 saturated carbocycles. The van der Waals surface area contributed by atoms with Gasteiger partial charge in [-0.2, -0.15) is 0 Å². The van der Waals surface area contributed by atoms with Gasteiger partial charge < -0.3 is 20.4 Å². The number of amides is 3. The number of nitrogens with zero attached hydrogens (tertiary/aromatic N) is 2. The number of nitrogens with one attached hydrogen (secondary N) is 2. The summed E-state index contributed by atoms with van der Waals surface area (Å²) in [6, 6.07) is 14.2. The standard InChI is InChI=1S/C26H34N4O3/c1-3-15-29(16-4-2)25(32)20-7-11-22(12-8-20)27-19-24(31)28-23-13-9-21(10-14-23)26(33)30-17-5-6-18-30/h7-14,27H,3-6,15-19H2,1-2H3,(H,28,31). The monoisotopic (exact) mass is 450 g/mol. The van der Waals surface area contributed by atoms with Crippen LogP contribution in [0.2, 0.25) is 0 Å². The molecular weight excluding hydrogens is 416 g/mol. The first kappa shape index (κ1) is 24.3. The Morgan fingerprint density at radius 2 is 1.36 bits per heavy atom. The van der Waals surface area contributed by atoms with Crippen LogP contribution < -0.4 is 10.6 Å². The second-order valence-electron chi connectivity index (χ2n) is 8.35. The molecule has 0 aromatic heterocycles. The summed E-state index contributed by atoms with van der Waals surface area (Å²) in [5.74, 6) is -0.109. The summed E-state index contributed by atoms with van der Waals surface area (Å²) < 4.78 is 0. The van der Waals surface area contributed by atoms with Crippen molar-refractivity contribution < 1.29 is 14.4 Å². The highest BCUT2D eigenvalue weighted by atomic mass is 16.2. The van der Waals surface area contributed by atoms with Gasteiger partial charge in [-0.25, -0.2) is 0 Å². The molecule has 7 nitrogen and oxygen atoms in total. The van der Waals surface area contributed by atoms with E-state index in [9.17, 15) is 14.4 Å². The van der Waals surface area contributed by atoms with Gasteiger partial charge in [-0.05, 0) is 74.2 Å². The first-order chi connectivity index (χ1) is 16.0. The van der Waals surface area contributed by atoms with Crippen molar-refractivity contribution in [2.75, 3.05) is 43.4 Å². The van der Waals surface area contributed by atoms with Crippen LogP contribution in [0.4, 0.5) is 11.4 Å². The minimum absolute atomic E-state index is 0.0367. The molecule has 0 unspecified atom stereocenters. The van der Waals surface area contributed by atoms with Crippen molar-refractivity contribution in [1.29, 1.82) is 0 Å². The molecule has 1 aliphatic rings. The smallest absolute Gasteiger partial charge is 0.253 e. The highest BCUT2D eigenvalue weighted by Crippen LogP contribution is 2.16. The molecule has 0 atom stereocenters. The van der Waals surface area contributed by atoms with Gasteiger partial charge in [-0.15, -0.1) is 0 Å². The lowest BCUT2D eigenvalue weighted by atomic mass is 10.1. The van der Waals surface area contributed by atoms with Crippen LogP contribution in [0.25, 0.3) is 0 Å². The van der Waals surface area contributed by atoms with Crippen molar-refractivity contribution in [2.45, 2.75) is 39.5 Å². The lowest BCUT2D eigenvalue weighted by molar-refractivity contribution is -0.114. The van der Waals surface area contributed by atoms with Crippen LogP contribution in [0.15, 0.2) is 48.5 Å². The fraction of sp³-hybridized carbons (Fsp3) is 0.423. The van der Waals surface area contributed by atoms with Gasteiger partial charge in [0.1, 0.15) is 0 Å². The zero-order valence-electron chi connectivity index (χ0n) is 19.6. The Morgan fingerprint density at radius 3 is 1.94 bits per heavy atom. The van der Waals surface area contributed by atoms with Crippen molar-refractivity contribution in [3.05, 3.63) is 59.7 Å². The lowest BCUT2D eigenvalue weighted by Crippen LogP contribution is -2.32. The molecule has 0 bridgehead atoms. The molecule has 1 aliphatic heterocycles. The fourth-order valence-electron chi connectivity index (χ4n) is 3.95. The molecule has 0 spiro atoms. The summed E-state index contributed by atoms with van der Waals surface area (Å²) in [5.41, 5.74) is 2.70. The number of hydrogen-bond acceptors (Lipinski definition) is 4. The quantitative estimate of drug-likeness (QED) is 0.567. The van der Waals surface area contributed by atoms with Gasteiger partial charge in [0.25, 0.3) is 11.8 Å². The number of likely N-dealkylation sites (tertiary alicyclic amines) is 1. The van der Waals surface area contributed by atoms with Crippen LogP contribution in [0.1, 0.15) is 60.2 Å². The Kier molecular flexibility index (Phi) is 8.87. The van der Waals surface area contributed by atoms with Crippen molar-refractivity contribution in [3.8, 4) is 0 Å². The fourth-order valence-corrected chi connectivity index (χ4v) is 3.95. The molecule has 1 fully saturated rings. The van der Waals surface area contributed by atoms with Crippen molar-refractivity contribution in [1.82, 2.24) is 9.80 Å². The van der Waals surface area contributed by atoms with Gasteiger partial charge in [-0.1, -0.05) is 13.8 Å². The maximum Gasteiger partial charge on any atom is 0.253 e. The molecule has 1 saturated heterocycles. The number of carbonyl (C=O) groups excluding carboxylic acids is 3. The van der Waals surface area contributed by atoms with Crippen LogP contribution in [0, 0.1) is 0 Å². The second-order valence-corrected chi connectivity index (χ2v) is 8.35. The van der Waals surface area contributed by atoms with Gasteiger partial charge in [0.2, 0.25) is 5.91 Å². The lowest BCUT2D eigenvalue weighted by Gasteiger charge is -2.21.